The van der Waals surface area contributed by atoms with Crippen LogP contribution in [0.25, 0.3) is 0 Å². The number of aliphatic hydroxyl groups is 1. The number of nitro groups is 1. The summed E-state index contributed by atoms with van der Waals surface area (Å²) in [5, 5.41) is 28.8. The molecule has 100 valence electrons. The van der Waals surface area contributed by atoms with Gasteiger partial charge in [0.15, 0.2) is 0 Å². The molecule has 1 aliphatic heterocycles. The number of nitrogens with zero attached hydrogens (tertiary/aromatic N) is 3. The first kappa shape index (κ1) is 13.3. The van der Waals surface area contributed by atoms with Crippen molar-refractivity contribution in [2.75, 3.05) is 24.6 Å². The van der Waals surface area contributed by atoms with Gasteiger partial charge in [0, 0.05) is 31.5 Å². The van der Waals surface area contributed by atoms with Gasteiger partial charge in [0.2, 0.25) is 0 Å². The lowest BCUT2D eigenvalue weighted by Gasteiger charge is -2.32. The van der Waals surface area contributed by atoms with E-state index in [0.29, 0.717) is 5.92 Å². The normalized spacial score (nSPS) is 16.1. The number of nitro benzene ring substituents is 1. The van der Waals surface area contributed by atoms with Gasteiger partial charge in [-0.3, -0.25) is 10.1 Å². The van der Waals surface area contributed by atoms with Crippen molar-refractivity contribution in [2.45, 2.75) is 12.8 Å². The molecule has 1 N–H and O–H groups in total. The Labute approximate surface area is 111 Å². The molecule has 0 unspecified atom stereocenters. The molecule has 6 nitrogen and oxygen atoms in total. The molecular formula is C13H15N3O3. The Morgan fingerprint density at radius 1 is 1.47 bits per heavy atom. The molecule has 0 radical (unpaired) electrons. The van der Waals surface area contributed by atoms with Crippen molar-refractivity contribution in [3.8, 4) is 6.07 Å². The van der Waals surface area contributed by atoms with Crippen LogP contribution in [-0.2, 0) is 0 Å². The van der Waals surface area contributed by atoms with E-state index in [2.05, 4.69) is 4.90 Å². The molecule has 1 heterocycles. The van der Waals surface area contributed by atoms with Crippen molar-refractivity contribution in [3.63, 3.8) is 0 Å². The van der Waals surface area contributed by atoms with E-state index >= 15 is 0 Å². The summed E-state index contributed by atoms with van der Waals surface area (Å²) in [6.45, 7) is 1.74. The van der Waals surface area contributed by atoms with E-state index in [4.69, 9.17) is 10.4 Å². The van der Waals surface area contributed by atoms with E-state index in [0.717, 1.165) is 31.6 Å². The van der Waals surface area contributed by atoms with E-state index in [1.807, 2.05) is 6.07 Å². The molecule has 1 aliphatic rings. The third kappa shape index (κ3) is 2.83. The summed E-state index contributed by atoms with van der Waals surface area (Å²) >= 11 is 0. The molecule has 1 fully saturated rings. The Balaban J connectivity index is 2.20. The number of piperidine rings is 1. The molecule has 1 aromatic carbocycles. The highest BCUT2D eigenvalue weighted by molar-refractivity contribution is 5.60. The van der Waals surface area contributed by atoms with E-state index in [9.17, 15) is 10.1 Å². The van der Waals surface area contributed by atoms with Crippen LogP contribution in [0.15, 0.2) is 18.2 Å². The fourth-order valence-corrected chi connectivity index (χ4v) is 2.34. The summed E-state index contributed by atoms with van der Waals surface area (Å²) in [7, 11) is 0. The van der Waals surface area contributed by atoms with Crippen molar-refractivity contribution in [1.82, 2.24) is 0 Å². The minimum atomic E-state index is -0.525. The Kier molecular flexibility index (Phi) is 3.97. The zero-order valence-electron chi connectivity index (χ0n) is 10.5. The summed E-state index contributed by atoms with van der Waals surface area (Å²) in [5.41, 5.74) is 0.699. The van der Waals surface area contributed by atoms with Crippen LogP contribution in [0.2, 0.25) is 0 Å². The monoisotopic (exact) mass is 261 g/mol. The van der Waals surface area contributed by atoms with Crippen LogP contribution in [0.4, 0.5) is 11.4 Å². The fourth-order valence-electron chi connectivity index (χ4n) is 2.34. The largest absolute Gasteiger partial charge is 0.396 e. The summed E-state index contributed by atoms with van der Waals surface area (Å²) < 4.78 is 0. The average Bonchev–Trinajstić information content (AvgIpc) is 2.46. The molecule has 0 spiro atoms. The lowest BCUT2D eigenvalue weighted by molar-refractivity contribution is -0.385. The zero-order valence-corrected chi connectivity index (χ0v) is 10.5. The van der Waals surface area contributed by atoms with Crippen LogP contribution in [-0.4, -0.2) is 29.7 Å². The molecule has 0 aromatic heterocycles. The summed E-state index contributed by atoms with van der Waals surface area (Å²) in [6.07, 6.45) is 1.76. The van der Waals surface area contributed by atoms with Crippen LogP contribution in [0.3, 0.4) is 0 Å². The topological polar surface area (TPSA) is 90.4 Å². The highest BCUT2D eigenvalue weighted by Crippen LogP contribution is 2.28. The average molecular weight is 261 g/mol. The predicted molar refractivity (Wildman–Crippen MR) is 69.8 cm³/mol. The molecule has 0 saturated carbocycles. The fraction of sp³-hybridized carbons (Fsp3) is 0.462. The first-order valence-electron chi connectivity index (χ1n) is 6.20. The minimum absolute atomic E-state index is 0.0824. The number of aliphatic hydroxyl groups excluding tert-OH is 1. The molecule has 0 aliphatic carbocycles. The Morgan fingerprint density at radius 2 is 2.16 bits per heavy atom. The lowest BCUT2D eigenvalue weighted by atomic mass is 9.97. The first-order valence-corrected chi connectivity index (χ1v) is 6.20. The number of nitriles is 1. The highest BCUT2D eigenvalue weighted by Gasteiger charge is 2.21. The summed E-state index contributed by atoms with van der Waals surface area (Å²) in [6, 6.07) is 6.52. The van der Waals surface area contributed by atoms with Crippen molar-refractivity contribution in [2.24, 2.45) is 5.92 Å². The van der Waals surface area contributed by atoms with Crippen molar-refractivity contribution < 1.29 is 10.0 Å². The molecule has 0 atom stereocenters. The van der Waals surface area contributed by atoms with Gasteiger partial charge in [-0.1, -0.05) is 0 Å². The highest BCUT2D eigenvalue weighted by atomic mass is 16.6. The van der Waals surface area contributed by atoms with Gasteiger partial charge in [-0.15, -0.1) is 0 Å². The van der Waals surface area contributed by atoms with Crippen LogP contribution in [0, 0.1) is 27.4 Å². The maximum Gasteiger partial charge on any atom is 0.289 e. The molecule has 6 heteroatoms. The maximum atomic E-state index is 10.9. The van der Waals surface area contributed by atoms with E-state index in [-0.39, 0.29) is 17.9 Å². The van der Waals surface area contributed by atoms with Crippen molar-refractivity contribution >= 4 is 11.4 Å². The van der Waals surface area contributed by atoms with Gasteiger partial charge >= 0.3 is 0 Å². The molecular weight excluding hydrogens is 246 g/mol. The third-order valence-electron chi connectivity index (χ3n) is 3.54. The number of hydrogen-bond donors (Lipinski definition) is 1. The van der Waals surface area contributed by atoms with Crippen molar-refractivity contribution in [1.29, 1.82) is 5.26 Å². The van der Waals surface area contributed by atoms with Gasteiger partial charge in [-0.2, -0.15) is 5.26 Å². The van der Waals surface area contributed by atoms with E-state index in [1.165, 1.54) is 12.1 Å². The quantitative estimate of drug-likeness (QED) is 0.660. The first-order chi connectivity index (χ1) is 9.15. The second-order valence-corrected chi connectivity index (χ2v) is 4.68. The molecule has 19 heavy (non-hydrogen) atoms. The lowest BCUT2D eigenvalue weighted by Crippen LogP contribution is -2.34. The molecule has 0 bridgehead atoms. The van der Waals surface area contributed by atoms with Crippen LogP contribution < -0.4 is 4.90 Å². The second-order valence-electron chi connectivity index (χ2n) is 4.68. The standard InChI is InChI=1S/C13H15N3O3/c14-8-11-1-2-12(7-13(11)16(18)19)15-5-3-10(9-17)4-6-15/h1-2,7,10,17H,3-6,9H2. The van der Waals surface area contributed by atoms with Gasteiger partial charge in [0.25, 0.3) is 5.69 Å². The summed E-state index contributed by atoms with van der Waals surface area (Å²) in [5.74, 6) is 0.324. The van der Waals surface area contributed by atoms with E-state index < -0.39 is 4.92 Å². The van der Waals surface area contributed by atoms with Crippen LogP contribution >= 0.6 is 0 Å². The second kappa shape index (κ2) is 5.67. The zero-order chi connectivity index (χ0) is 13.8. The molecule has 1 aromatic rings. The van der Waals surface area contributed by atoms with Gasteiger partial charge in [-0.05, 0) is 30.9 Å². The minimum Gasteiger partial charge on any atom is -0.396 e. The number of benzene rings is 1. The van der Waals surface area contributed by atoms with Gasteiger partial charge < -0.3 is 10.0 Å². The Morgan fingerprint density at radius 3 is 2.68 bits per heavy atom. The van der Waals surface area contributed by atoms with Gasteiger partial charge in [0.05, 0.1) is 4.92 Å². The number of hydrogen-bond acceptors (Lipinski definition) is 5. The Hall–Kier alpha value is -2.13. The smallest absolute Gasteiger partial charge is 0.289 e. The number of anilines is 1. The molecule has 2 rings (SSSR count). The van der Waals surface area contributed by atoms with Crippen LogP contribution in [0.5, 0.6) is 0 Å². The van der Waals surface area contributed by atoms with Gasteiger partial charge in [0.1, 0.15) is 11.6 Å². The van der Waals surface area contributed by atoms with E-state index in [1.54, 1.807) is 6.07 Å². The number of rotatable bonds is 3. The van der Waals surface area contributed by atoms with Gasteiger partial charge in [-0.25, -0.2) is 0 Å². The molecule has 1 saturated heterocycles. The third-order valence-corrected chi connectivity index (χ3v) is 3.54. The SMILES string of the molecule is N#Cc1ccc(N2CCC(CO)CC2)cc1[N+](=O)[O-]. The Bertz CT molecular complexity index is 516. The summed E-state index contributed by atoms with van der Waals surface area (Å²) in [4.78, 5) is 12.4. The predicted octanol–water partition coefficient (Wildman–Crippen LogP) is 1.68. The van der Waals surface area contributed by atoms with Crippen molar-refractivity contribution in [3.05, 3.63) is 33.9 Å². The molecule has 0 amide bonds. The van der Waals surface area contributed by atoms with Crippen LogP contribution in [0.1, 0.15) is 18.4 Å². The maximum absolute atomic E-state index is 10.9.